The Balaban J connectivity index is 1.64. The second-order valence-corrected chi connectivity index (χ2v) is 8.72. The molecule has 3 fully saturated rings. The average Bonchev–Trinajstić information content (AvgIpc) is 2.75. The zero-order valence-corrected chi connectivity index (χ0v) is 16.1. The van der Waals surface area contributed by atoms with Crippen LogP contribution >= 0.6 is 0 Å². The summed E-state index contributed by atoms with van der Waals surface area (Å²) in [4.78, 5) is 0. The Morgan fingerprint density at radius 1 is 1.11 bits per heavy atom. The highest BCUT2D eigenvalue weighted by molar-refractivity contribution is 5.14. The molecule has 156 valence electrons. The average molecular weight is 388 g/mol. The van der Waals surface area contributed by atoms with Crippen LogP contribution in [0, 0.1) is 11.3 Å². The first kappa shape index (κ1) is 21.1. The predicted octanol–water partition coefficient (Wildman–Crippen LogP) is -0.686. The van der Waals surface area contributed by atoms with Crippen LogP contribution in [0.25, 0.3) is 0 Å². The van der Waals surface area contributed by atoms with Crippen LogP contribution in [0.1, 0.15) is 33.6 Å². The molecule has 1 aliphatic carbocycles. The zero-order valence-electron chi connectivity index (χ0n) is 16.1. The number of aliphatic hydroxyl groups excluding tert-OH is 5. The third-order valence-electron chi connectivity index (χ3n) is 6.26. The first-order chi connectivity index (χ1) is 12.6. The summed E-state index contributed by atoms with van der Waals surface area (Å²) in [5, 5.41) is 49.1. The van der Waals surface area contributed by atoms with Crippen LogP contribution in [0.4, 0.5) is 0 Å². The second kappa shape index (κ2) is 7.68. The Bertz CT molecular complexity index is 534. The van der Waals surface area contributed by atoms with Gasteiger partial charge in [0, 0.05) is 17.8 Å². The van der Waals surface area contributed by atoms with Crippen LogP contribution < -0.4 is 0 Å². The van der Waals surface area contributed by atoms with Crippen molar-refractivity contribution in [2.24, 2.45) is 11.3 Å². The van der Waals surface area contributed by atoms with E-state index >= 15 is 0 Å². The van der Waals surface area contributed by atoms with Crippen LogP contribution in [0.3, 0.4) is 0 Å². The number of hydrogen-bond donors (Lipinski definition) is 5. The van der Waals surface area contributed by atoms with E-state index in [1.807, 2.05) is 19.1 Å². The van der Waals surface area contributed by atoms with E-state index in [2.05, 4.69) is 6.92 Å². The van der Waals surface area contributed by atoms with Crippen molar-refractivity contribution in [2.45, 2.75) is 82.1 Å². The summed E-state index contributed by atoms with van der Waals surface area (Å²) >= 11 is 0. The van der Waals surface area contributed by atoms with Crippen LogP contribution in [0.5, 0.6) is 0 Å². The molecule has 27 heavy (non-hydrogen) atoms. The molecule has 2 aliphatic heterocycles. The Hall–Kier alpha value is -0.580. The molecular weight excluding hydrogens is 356 g/mol. The number of fused-ring (bicyclic) bond motifs is 2. The van der Waals surface area contributed by atoms with Gasteiger partial charge in [0.1, 0.15) is 24.4 Å². The fourth-order valence-electron chi connectivity index (χ4n) is 4.84. The summed E-state index contributed by atoms with van der Waals surface area (Å²) in [5.74, 6) is 0.120. The van der Waals surface area contributed by atoms with Crippen molar-refractivity contribution in [3.8, 4) is 0 Å². The highest BCUT2D eigenvalue weighted by Gasteiger charge is 2.57. The SMILES string of the molecule is C[C@H](/C=C/[C@@H]1[C@@]2(C)CO[C@]1(C)C[C@@H](O)C2)O[C@@H]1O[C@H](CO)[C@H](O)[C@H](O)[C@H]1O. The lowest BCUT2D eigenvalue weighted by atomic mass is 9.62. The van der Waals surface area contributed by atoms with E-state index in [4.69, 9.17) is 14.2 Å². The van der Waals surface area contributed by atoms with Gasteiger partial charge in [0.15, 0.2) is 6.29 Å². The van der Waals surface area contributed by atoms with Gasteiger partial charge in [-0.05, 0) is 20.3 Å². The van der Waals surface area contributed by atoms with E-state index in [1.54, 1.807) is 6.92 Å². The van der Waals surface area contributed by atoms with Crippen LogP contribution in [-0.4, -0.2) is 87.3 Å². The number of aliphatic hydroxyl groups is 5. The topological polar surface area (TPSA) is 129 Å². The number of hydrogen-bond acceptors (Lipinski definition) is 8. The molecule has 0 aromatic heterocycles. The van der Waals surface area contributed by atoms with Gasteiger partial charge in [-0.1, -0.05) is 19.1 Å². The normalized spacial score (nSPS) is 51.6. The molecule has 2 heterocycles. The fraction of sp³-hybridized carbons (Fsp3) is 0.895. The summed E-state index contributed by atoms with van der Waals surface area (Å²) in [6.45, 7) is 6.01. The molecule has 3 aliphatic rings. The Morgan fingerprint density at radius 3 is 2.44 bits per heavy atom. The van der Waals surface area contributed by atoms with Crippen molar-refractivity contribution in [1.29, 1.82) is 0 Å². The molecule has 3 rings (SSSR count). The monoisotopic (exact) mass is 388 g/mol. The summed E-state index contributed by atoms with van der Waals surface area (Å²) in [7, 11) is 0. The minimum Gasteiger partial charge on any atom is -0.394 e. The van der Waals surface area contributed by atoms with Gasteiger partial charge < -0.3 is 39.7 Å². The summed E-state index contributed by atoms with van der Waals surface area (Å²) in [6.07, 6.45) is -2.09. The Kier molecular flexibility index (Phi) is 6.01. The molecule has 1 saturated carbocycles. The second-order valence-electron chi connectivity index (χ2n) is 8.72. The van der Waals surface area contributed by atoms with Gasteiger partial charge in [0.2, 0.25) is 0 Å². The van der Waals surface area contributed by atoms with Crippen molar-refractivity contribution >= 4 is 0 Å². The van der Waals surface area contributed by atoms with E-state index in [-0.39, 0.29) is 17.4 Å². The maximum atomic E-state index is 10.1. The Labute approximate surface area is 159 Å². The van der Waals surface area contributed by atoms with Crippen LogP contribution in [0.15, 0.2) is 12.2 Å². The van der Waals surface area contributed by atoms with Crippen LogP contribution in [0.2, 0.25) is 0 Å². The summed E-state index contributed by atoms with van der Waals surface area (Å²) in [6, 6.07) is 0. The van der Waals surface area contributed by atoms with Crippen molar-refractivity contribution < 1.29 is 39.7 Å². The Morgan fingerprint density at radius 2 is 1.81 bits per heavy atom. The molecule has 0 radical (unpaired) electrons. The van der Waals surface area contributed by atoms with Gasteiger partial charge in [-0.15, -0.1) is 0 Å². The first-order valence-electron chi connectivity index (χ1n) is 9.56. The molecular formula is C19H32O8. The third-order valence-corrected chi connectivity index (χ3v) is 6.26. The fourth-order valence-corrected chi connectivity index (χ4v) is 4.84. The highest BCUT2D eigenvalue weighted by atomic mass is 16.7. The van der Waals surface area contributed by atoms with E-state index in [9.17, 15) is 25.5 Å². The minimum absolute atomic E-state index is 0.120. The molecule has 5 N–H and O–H groups in total. The van der Waals surface area contributed by atoms with Gasteiger partial charge in [-0.3, -0.25) is 0 Å². The minimum atomic E-state index is -1.46. The summed E-state index contributed by atoms with van der Waals surface area (Å²) in [5.41, 5.74) is -0.572. The molecule has 8 heteroatoms. The maximum absolute atomic E-state index is 10.1. The molecule has 8 nitrogen and oxygen atoms in total. The molecule has 0 aromatic rings. The van der Waals surface area contributed by atoms with Crippen molar-refractivity contribution in [3.63, 3.8) is 0 Å². The van der Waals surface area contributed by atoms with E-state index < -0.39 is 49.0 Å². The molecule has 0 spiro atoms. The standard InChI is InChI=1S/C19H32O8/c1-10(26-17-16(24)15(23)14(22)12(8-20)27-17)4-5-13-18(2)6-11(21)7-19(13,3)25-9-18/h4-5,10-17,20-24H,6-9H2,1-3H3/b5-4+/t10-,11+,12-,13-,14+,15+,16-,17-,18-,19-/m1/s1. The van der Waals surface area contributed by atoms with Crippen LogP contribution in [-0.2, 0) is 14.2 Å². The largest absolute Gasteiger partial charge is 0.394 e. The van der Waals surface area contributed by atoms with Gasteiger partial charge in [0.25, 0.3) is 0 Å². The van der Waals surface area contributed by atoms with Crippen molar-refractivity contribution in [2.75, 3.05) is 13.2 Å². The first-order valence-corrected chi connectivity index (χ1v) is 9.56. The predicted molar refractivity (Wildman–Crippen MR) is 94.6 cm³/mol. The lowest BCUT2D eigenvalue weighted by Gasteiger charge is -2.43. The molecule has 2 saturated heterocycles. The smallest absolute Gasteiger partial charge is 0.187 e. The van der Waals surface area contributed by atoms with Gasteiger partial charge in [-0.25, -0.2) is 0 Å². The molecule has 10 atom stereocenters. The summed E-state index contributed by atoms with van der Waals surface area (Å²) < 4.78 is 17.1. The quantitative estimate of drug-likeness (QED) is 0.392. The lowest BCUT2D eigenvalue weighted by molar-refractivity contribution is -0.306. The van der Waals surface area contributed by atoms with E-state index in [0.717, 1.165) is 0 Å². The molecule has 0 amide bonds. The van der Waals surface area contributed by atoms with Gasteiger partial charge >= 0.3 is 0 Å². The van der Waals surface area contributed by atoms with Crippen molar-refractivity contribution in [1.82, 2.24) is 0 Å². The maximum Gasteiger partial charge on any atom is 0.187 e. The van der Waals surface area contributed by atoms with Gasteiger partial charge in [-0.2, -0.15) is 0 Å². The lowest BCUT2D eigenvalue weighted by Crippen LogP contribution is -2.59. The molecule has 0 unspecified atom stereocenters. The van der Waals surface area contributed by atoms with Crippen molar-refractivity contribution in [3.05, 3.63) is 12.2 Å². The third kappa shape index (κ3) is 3.95. The van der Waals surface area contributed by atoms with E-state index in [1.165, 1.54) is 0 Å². The van der Waals surface area contributed by atoms with Gasteiger partial charge in [0.05, 0.1) is 31.0 Å². The highest BCUT2D eigenvalue weighted by Crippen LogP contribution is 2.54. The van der Waals surface area contributed by atoms with E-state index in [0.29, 0.717) is 19.4 Å². The zero-order chi connectivity index (χ0) is 20.0. The molecule has 0 aromatic carbocycles. The number of ether oxygens (including phenoxy) is 3. The number of rotatable bonds is 5. The molecule has 2 bridgehead atoms.